The first kappa shape index (κ1) is 14.7. The van der Waals surface area contributed by atoms with Gasteiger partial charge in [-0.25, -0.2) is 0 Å². The number of hydrogen-bond donors (Lipinski definition) is 2. The maximum absolute atomic E-state index is 11.0. The fourth-order valence-electron chi connectivity index (χ4n) is 1.82. The van der Waals surface area contributed by atoms with Crippen molar-refractivity contribution in [2.24, 2.45) is 5.92 Å². The van der Waals surface area contributed by atoms with Gasteiger partial charge in [0.2, 0.25) is 5.91 Å². The molecule has 0 saturated carbocycles. The van der Waals surface area contributed by atoms with E-state index in [2.05, 4.69) is 48.7 Å². The zero-order valence-corrected chi connectivity index (χ0v) is 11.6. The first-order valence-electron chi connectivity index (χ1n) is 6.61. The maximum atomic E-state index is 11.0. The molecule has 0 radical (unpaired) electrons. The zero-order valence-electron chi connectivity index (χ0n) is 11.6. The molecule has 1 aromatic carbocycles. The monoisotopic (exact) mass is 248 g/mol. The Bertz CT molecular complexity index is 357. The molecule has 0 heterocycles. The molecule has 0 aromatic heterocycles. The summed E-state index contributed by atoms with van der Waals surface area (Å²) in [4.78, 5) is 11.0. The van der Waals surface area contributed by atoms with Crippen LogP contribution in [0.25, 0.3) is 0 Å². The van der Waals surface area contributed by atoms with Gasteiger partial charge in [0.05, 0.1) is 0 Å². The SMILES string of the molecule is CNC(=O)CCNCc1ccc(CC(C)C)cc1. The van der Waals surface area contributed by atoms with E-state index in [1.165, 1.54) is 11.1 Å². The van der Waals surface area contributed by atoms with E-state index in [0.29, 0.717) is 18.9 Å². The minimum absolute atomic E-state index is 0.0785. The van der Waals surface area contributed by atoms with Gasteiger partial charge in [0.15, 0.2) is 0 Å². The van der Waals surface area contributed by atoms with Crippen LogP contribution in [0, 0.1) is 5.92 Å². The van der Waals surface area contributed by atoms with Crippen LogP contribution >= 0.6 is 0 Å². The van der Waals surface area contributed by atoms with Crippen LogP contribution in [0.3, 0.4) is 0 Å². The van der Waals surface area contributed by atoms with E-state index in [4.69, 9.17) is 0 Å². The molecule has 0 bridgehead atoms. The molecule has 1 amide bonds. The van der Waals surface area contributed by atoms with Gasteiger partial charge in [0.1, 0.15) is 0 Å². The first-order valence-corrected chi connectivity index (χ1v) is 6.61. The predicted octanol–water partition coefficient (Wildman–Crippen LogP) is 2.11. The highest BCUT2D eigenvalue weighted by molar-refractivity contribution is 5.75. The molecule has 0 aliphatic heterocycles. The molecule has 2 N–H and O–H groups in total. The Morgan fingerprint density at radius 2 is 1.78 bits per heavy atom. The summed E-state index contributed by atoms with van der Waals surface area (Å²) in [6, 6.07) is 8.70. The highest BCUT2D eigenvalue weighted by atomic mass is 16.1. The highest BCUT2D eigenvalue weighted by Gasteiger charge is 1.99. The summed E-state index contributed by atoms with van der Waals surface area (Å²) in [6.45, 7) is 5.99. The van der Waals surface area contributed by atoms with E-state index in [9.17, 15) is 4.79 Å². The third-order valence-electron chi connectivity index (χ3n) is 2.80. The average Bonchev–Trinajstić information content (AvgIpc) is 2.35. The van der Waals surface area contributed by atoms with Crippen LogP contribution in [0.5, 0.6) is 0 Å². The largest absolute Gasteiger partial charge is 0.359 e. The third kappa shape index (κ3) is 5.82. The van der Waals surface area contributed by atoms with Gasteiger partial charge >= 0.3 is 0 Å². The van der Waals surface area contributed by atoms with Crippen molar-refractivity contribution in [2.75, 3.05) is 13.6 Å². The van der Waals surface area contributed by atoms with Crippen LogP contribution < -0.4 is 10.6 Å². The van der Waals surface area contributed by atoms with E-state index in [0.717, 1.165) is 13.0 Å². The Hall–Kier alpha value is -1.35. The smallest absolute Gasteiger partial charge is 0.221 e. The molecular formula is C15H24N2O. The van der Waals surface area contributed by atoms with E-state index < -0.39 is 0 Å². The number of amides is 1. The van der Waals surface area contributed by atoms with Gasteiger partial charge in [0.25, 0.3) is 0 Å². The van der Waals surface area contributed by atoms with Crippen LogP contribution in [-0.4, -0.2) is 19.5 Å². The zero-order chi connectivity index (χ0) is 13.4. The molecule has 0 fully saturated rings. The van der Waals surface area contributed by atoms with Gasteiger partial charge in [-0.2, -0.15) is 0 Å². The third-order valence-corrected chi connectivity index (χ3v) is 2.80. The van der Waals surface area contributed by atoms with E-state index in [1.54, 1.807) is 7.05 Å². The molecule has 100 valence electrons. The lowest BCUT2D eigenvalue weighted by atomic mass is 10.0. The number of nitrogens with one attached hydrogen (secondary N) is 2. The number of carbonyl (C=O) groups is 1. The standard InChI is InChI=1S/C15H24N2O/c1-12(2)10-13-4-6-14(7-5-13)11-17-9-8-15(18)16-3/h4-7,12,17H,8-11H2,1-3H3,(H,16,18). The van der Waals surface area contributed by atoms with Crippen molar-refractivity contribution < 1.29 is 4.79 Å². The summed E-state index contributed by atoms with van der Waals surface area (Å²) < 4.78 is 0. The van der Waals surface area contributed by atoms with Gasteiger partial charge in [0, 0.05) is 26.6 Å². The number of carbonyl (C=O) groups excluding carboxylic acids is 1. The Balaban J connectivity index is 2.28. The second kappa shape index (κ2) is 7.88. The molecule has 0 aliphatic carbocycles. The molecule has 0 aliphatic rings. The molecule has 1 rings (SSSR count). The first-order chi connectivity index (χ1) is 8.61. The van der Waals surface area contributed by atoms with Gasteiger partial charge in [-0.15, -0.1) is 0 Å². The van der Waals surface area contributed by atoms with Crippen molar-refractivity contribution >= 4 is 5.91 Å². The van der Waals surface area contributed by atoms with Crippen molar-refractivity contribution in [2.45, 2.75) is 33.2 Å². The van der Waals surface area contributed by atoms with Crippen molar-refractivity contribution in [1.82, 2.24) is 10.6 Å². The van der Waals surface area contributed by atoms with Crippen LogP contribution in [0.1, 0.15) is 31.4 Å². The second-order valence-electron chi connectivity index (χ2n) is 5.01. The summed E-state index contributed by atoms with van der Waals surface area (Å²) in [7, 11) is 1.66. The van der Waals surface area contributed by atoms with Crippen LogP contribution in [0.4, 0.5) is 0 Å². The number of hydrogen-bond acceptors (Lipinski definition) is 2. The lowest BCUT2D eigenvalue weighted by Crippen LogP contribution is -2.24. The molecule has 1 aromatic rings. The molecule has 0 spiro atoms. The topological polar surface area (TPSA) is 41.1 Å². The fourth-order valence-corrected chi connectivity index (χ4v) is 1.82. The summed E-state index contributed by atoms with van der Waals surface area (Å²) in [5.74, 6) is 0.774. The highest BCUT2D eigenvalue weighted by Crippen LogP contribution is 2.09. The number of benzene rings is 1. The minimum atomic E-state index is 0.0785. The summed E-state index contributed by atoms with van der Waals surface area (Å²) in [5.41, 5.74) is 2.65. The van der Waals surface area contributed by atoms with Gasteiger partial charge in [-0.1, -0.05) is 38.1 Å². The normalized spacial score (nSPS) is 10.7. The van der Waals surface area contributed by atoms with Crippen LogP contribution in [-0.2, 0) is 17.8 Å². The summed E-state index contributed by atoms with van der Waals surface area (Å²) >= 11 is 0. The molecule has 0 unspecified atom stereocenters. The summed E-state index contributed by atoms with van der Waals surface area (Å²) in [6.07, 6.45) is 1.66. The van der Waals surface area contributed by atoms with E-state index in [1.807, 2.05) is 0 Å². The Morgan fingerprint density at radius 3 is 2.33 bits per heavy atom. The second-order valence-corrected chi connectivity index (χ2v) is 5.01. The lowest BCUT2D eigenvalue weighted by Gasteiger charge is -2.07. The molecular weight excluding hydrogens is 224 g/mol. The number of rotatable bonds is 7. The van der Waals surface area contributed by atoms with Crippen molar-refractivity contribution in [3.8, 4) is 0 Å². The maximum Gasteiger partial charge on any atom is 0.221 e. The lowest BCUT2D eigenvalue weighted by molar-refractivity contribution is -0.120. The Kier molecular flexibility index (Phi) is 6.44. The Labute approximate surface area is 110 Å². The predicted molar refractivity (Wildman–Crippen MR) is 75.4 cm³/mol. The molecule has 18 heavy (non-hydrogen) atoms. The van der Waals surface area contributed by atoms with Gasteiger partial charge < -0.3 is 10.6 Å². The molecule has 3 nitrogen and oxygen atoms in total. The summed E-state index contributed by atoms with van der Waals surface area (Å²) in [5, 5.41) is 5.88. The van der Waals surface area contributed by atoms with Crippen LogP contribution in [0.2, 0.25) is 0 Å². The molecule has 0 saturated heterocycles. The fraction of sp³-hybridized carbons (Fsp3) is 0.533. The van der Waals surface area contributed by atoms with Gasteiger partial charge in [-0.3, -0.25) is 4.79 Å². The molecule has 3 heteroatoms. The Morgan fingerprint density at radius 1 is 1.17 bits per heavy atom. The average molecular weight is 248 g/mol. The van der Waals surface area contributed by atoms with Crippen molar-refractivity contribution in [3.63, 3.8) is 0 Å². The van der Waals surface area contributed by atoms with E-state index in [-0.39, 0.29) is 5.91 Å². The van der Waals surface area contributed by atoms with Crippen molar-refractivity contribution in [1.29, 1.82) is 0 Å². The van der Waals surface area contributed by atoms with Crippen molar-refractivity contribution in [3.05, 3.63) is 35.4 Å². The van der Waals surface area contributed by atoms with Gasteiger partial charge in [-0.05, 0) is 23.5 Å². The van der Waals surface area contributed by atoms with E-state index >= 15 is 0 Å². The minimum Gasteiger partial charge on any atom is -0.359 e. The van der Waals surface area contributed by atoms with Crippen LogP contribution in [0.15, 0.2) is 24.3 Å². The quantitative estimate of drug-likeness (QED) is 0.726. The molecule has 0 atom stereocenters.